The van der Waals surface area contributed by atoms with E-state index in [2.05, 4.69) is 4.98 Å². The van der Waals surface area contributed by atoms with Crippen molar-refractivity contribution < 1.29 is 19.4 Å². The Morgan fingerprint density at radius 1 is 1.06 bits per heavy atom. The number of aromatic nitrogens is 1. The summed E-state index contributed by atoms with van der Waals surface area (Å²) >= 11 is 0. The molecule has 1 aliphatic heterocycles. The van der Waals surface area contributed by atoms with Gasteiger partial charge >= 0.3 is 5.97 Å². The molecule has 0 saturated carbocycles. The number of fused-ring (bicyclic) bond motifs is 1. The monoisotopic (exact) mass is 467 g/mol. The number of hydrogen-bond acceptors (Lipinski definition) is 5. The third-order valence-electron chi connectivity index (χ3n) is 6.21. The Kier molecular flexibility index (Phi) is 6.06. The zero-order valence-corrected chi connectivity index (χ0v) is 19.3. The van der Waals surface area contributed by atoms with Gasteiger partial charge in [-0.1, -0.05) is 48.5 Å². The maximum absolute atomic E-state index is 12.0. The van der Waals surface area contributed by atoms with Crippen LogP contribution in [0, 0.1) is 0 Å². The van der Waals surface area contributed by atoms with Gasteiger partial charge in [-0.3, -0.25) is 4.79 Å². The first kappa shape index (κ1) is 22.4. The number of carbonyl (C=O) groups is 2. The molecule has 0 spiro atoms. The molecule has 1 aliphatic rings. The Labute approximate surface area is 202 Å². The summed E-state index contributed by atoms with van der Waals surface area (Å²) in [7, 11) is 1.33. The van der Waals surface area contributed by atoms with Crippen LogP contribution in [0.5, 0.6) is 5.88 Å². The number of nitrogens with one attached hydrogen (secondary N) is 1. The first-order valence-electron chi connectivity index (χ1n) is 11.5. The lowest BCUT2D eigenvalue weighted by Crippen LogP contribution is -2.23. The minimum absolute atomic E-state index is 0.0335. The number of benzene rings is 3. The molecule has 0 radical (unpaired) electrons. The van der Waals surface area contributed by atoms with Crippen LogP contribution in [0.15, 0.2) is 77.8 Å². The van der Waals surface area contributed by atoms with Crippen LogP contribution in [0.1, 0.15) is 39.9 Å². The number of amides is 1. The van der Waals surface area contributed by atoms with Gasteiger partial charge in [0.15, 0.2) is 5.88 Å². The minimum Gasteiger partial charge on any atom is -0.494 e. The van der Waals surface area contributed by atoms with E-state index in [-0.39, 0.29) is 11.8 Å². The molecule has 0 unspecified atom stereocenters. The Morgan fingerprint density at radius 3 is 2.51 bits per heavy atom. The van der Waals surface area contributed by atoms with Gasteiger partial charge in [0, 0.05) is 36.0 Å². The van der Waals surface area contributed by atoms with Crippen molar-refractivity contribution in [2.75, 3.05) is 13.7 Å². The van der Waals surface area contributed by atoms with Gasteiger partial charge in [-0.15, -0.1) is 0 Å². The molecule has 1 aromatic heterocycles. The summed E-state index contributed by atoms with van der Waals surface area (Å²) < 4.78 is 4.81. The van der Waals surface area contributed by atoms with Crippen LogP contribution in [0.25, 0.3) is 10.9 Å². The second-order valence-electron chi connectivity index (χ2n) is 8.51. The number of ether oxygens (including phenoxy) is 1. The number of likely N-dealkylation sites (tertiary alicyclic amines) is 1. The van der Waals surface area contributed by atoms with Gasteiger partial charge in [-0.2, -0.15) is 0 Å². The average Bonchev–Trinajstić information content (AvgIpc) is 3.44. The summed E-state index contributed by atoms with van der Waals surface area (Å²) in [5, 5.41) is 11.6. The summed E-state index contributed by atoms with van der Waals surface area (Å²) in [5.74, 6) is -0.285. The van der Waals surface area contributed by atoms with E-state index in [9.17, 15) is 14.7 Å². The van der Waals surface area contributed by atoms with Crippen molar-refractivity contribution in [2.24, 2.45) is 4.99 Å². The van der Waals surface area contributed by atoms with Gasteiger partial charge in [0.1, 0.15) is 0 Å². The minimum atomic E-state index is -0.449. The molecule has 176 valence electrons. The molecule has 0 aliphatic carbocycles. The summed E-state index contributed by atoms with van der Waals surface area (Å²) in [6.07, 6.45) is 1.54. The highest BCUT2D eigenvalue weighted by Gasteiger charge is 2.21. The van der Waals surface area contributed by atoms with Crippen LogP contribution in [0.4, 0.5) is 5.69 Å². The Hall–Kier alpha value is -4.39. The van der Waals surface area contributed by atoms with Crippen molar-refractivity contribution in [3.8, 4) is 5.88 Å². The van der Waals surface area contributed by atoms with E-state index in [4.69, 9.17) is 9.73 Å². The topological polar surface area (TPSA) is 95.0 Å². The Bertz CT molecular complexity index is 1420. The fourth-order valence-electron chi connectivity index (χ4n) is 4.43. The number of hydrogen-bond donors (Lipinski definition) is 2. The molecule has 1 amide bonds. The molecule has 3 aromatic carbocycles. The van der Waals surface area contributed by atoms with E-state index in [0.717, 1.165) is 35.2 Å². The maximum atomic E-state index is 12.0. The van der Waals surface area contributed by atoms with E-state index < -0.39 is 5.97 Å². The normalized spacial score (nSPS) is 14.0. The molecule has 1 saturated heterocycles. The van der Waals surface area contributed by atoms with Crippen molar-refractivity contribution in [3.05, 3.63) is 95.1 Å². The Morgan fingerprint density at radius 2 is 1.83 bits per heavy atom. The predicted molar refractivity (Wildman–Crippen MR) is 134 cm³/mol. The van der Waals surface area contributed by atoms with E-state index >= 15 is 0 Å². The fraction of sp³-hybridized carbons (Fsp3) is 0.179. The second kappa shape index (κ2) is 9.46. The zero-order chi connectivity index (χ0) is 24.4. The highest BCUT2D eigenvalue weighted by atomic mass is 16.5. The van der Waals surface area contributed by atoms with E-state index in [0.29, 0.717) is 35.3 Å². The molecule has 35 heavy (non-hydrogen) atoms. The quantitative estimate of drug-likeness (QED) is 0.310. The van der Waals surface area contributed by atoms with Gasteiger partial charge in [-0.25, -0.2) is 9.79 Å². The van der Waals surface area contributed by atoms with E-state index in [1.165, 1.54) is 7.11 Å². The molecule has 5 rings (SSSR count). The molecule has 0 bridgehead atoms. The number of esters is 1. The summed E-state index contributed by atoms with van der Waals surface area (Å²) in [5.41, 5.74) is 4.75. The molecule has 2 heterocycles. The zero-order valence-electron chi connectivity index (χ0n) is 19.3. The van der Waals surface area contributed by atoms with Gasteiger partial charge < -0.3 is 19.7 Å². The summed E-state index contributed by atoms with van der Waals surface area (Å²) in [4.78, 5) is 33.7. The number of methoxy groups -OCH3 is 1. The lowest BCUT2D eigenvalue weighted by Gasteiger charge is -2.15. The molecular formula is C28H25N3O4. The number of rotatable bonds is 6. The SMILES string of the molecule is COC(=O)c1ccc2c(C(=Nc3ccc(CN4CCCC4=O)cc3)c3ccccc3)c(O)[nH]c2c1. The Balaban J connectivity index is 1.55. The van der Waals surface area contributed by atoms with Crippen molar-refractivity contribution >= 4 is 34.2 Å². The molecule has 1 fully saturated rings. The van der Waals surface area contributed by atoms with Crippen LogP contribution in [-0.4, -0.2) is 46.2 Å². The summed E-state index contributed by atoms with van der Waals surface area (Å²) in [6.45, 7) is 1.40. The van der Waals surface area contributed by atoms with Crippen LogP contribution in [-0.2, 0) is 16.1 Å². The molecule has 7 nitrogen and oxygen atoms in total. The third-order valence-corrected chi connectivity index (χ3v) is 6.21. The average molecular weight is 468 g/mol. The maximum Gasteiger partial charge on any atom is 0.337 e. The molecule has 2 N–H and O–H groups in total. The highest BCUT2D eigenvalue weighted by molar-refractivity contribution is 6.22. The standard InChI is InChI=1S/C28H25N3O4/c1-35-28(34)20-11-14-22-23(16-20)30-27(33)25(22)26(19-6-3-2-4-7-19)29-21-12-9-18(10-13-21)17-31-15-5-8-24(31)32/h2-4,6-7,9-14,16,30,33H,5,8,15,17H2,1H3. The number of aromatic hydroxyl groups is 1. The largest absolute Gasteiger partial charge is 0.494 e. The lowest BCUT2D eigenvalue weighted by molar-refractivity contribution is -0.128. The molecular weight excluding hydrogens is 442 g/mol. The van der Waals surface area contributed by atoms with Gasteiger partial charge in [0.05, 0.1) is 29.6 Å². The van der Waals surface area contributed by atoms with Crippen LogP contribution in [0.3, 0.4) is 0 Å². The predicted octanol–water partition coefficient (Wildman–Crippen LogP) is 4.95. The van der Waals surface area contributed by atoms with Gasteiger partial charge in [0.25, 0.3) is 0 Å². The fourth-order valence-corrected chi connectivity index (χ4v) is 4.43. The third kappa shape index (κ3) is 4.53. The first-order chi connectivity index (χ1) is 17.0. The van der Waals surface area contributed by atoms with E-state index in [1.807, 2.05) is 59.5 Å². The highest BCUT2D eigenvalue weighted by Crippen LogP contribution is 2.32. The van der Waals surface area contributed by atoms with Crippen LogP contribution < -0.4 is 0 Å². The molecule has 0 atom stereocenters. The molecule has 7 heteroatoms. The first-order valence-corrected chi connectivity index (χ1v) is 11.5. The summed E-state index contributed by atoms with van der Waals surface area (Å²) in [6, 6.07) is 22.5. The van der Waals surface area contributed by atoms with Crippen molar-refractivity contribution in [1.29, 1.82) is 0 Å². The number of H-pyrrole nitrogens is 1. The second-order valence-corrected chi connectivity index (χ2v) is 8.51. The number of aromatic amines is 1. The van der Waals surface area contributed by atoms with Crippen molar-refractivity contribution in [1.82, 2.24) is 9.88 Å². The van der Waals surface area contributed by atoms with Crippen LogP contribution >= 0.6 is 0 Å². The van der Waals surface area contributed by atoms with Crippen molar-refractivity contribution in [3.63, 3.8) is 0 Å². The number of aliphatic imine (C=N–C) groups is 1. The number of carbonyl (C=O) groups excluding carboxylic acids is 2. The number of nitrogens with zero attached hydrogens (tertiary/aromatic N) is 2. The van der Waals surface area contributed by atoms with Gasteiger partial charge in [-0.05, 0) is 36.2 Å². The smallest absolute Gasteiger partial charge is 0.337 e. The van der Waals surface area contributed by atoms with Crippen LogP contribution in [0.2, 0.25) is 0 Å². The van der Waals surface area contributed by atoms with E-state index in [1.54, 1.807) is 18.2 Å². The van der Waals surface area contributed by atoms with Crippen molar-refractivity contribution in [2.45, 2.75) is 19.4 Å². The molecule has 4 aromatic rings. The lowest BCUT2D eigenvalue weighted by atomic mass is 10.00. The van der Waals surface area contributed by atoms with Gasteiger partial charge in [0.2, 0.25) is 5.91 Å².